The van der Waals surface area contributed by atoms with E-state index in [1.54, 1.807) is 18.3 Å². The van der Waals surface area contributed by atoms with Crippen molar-refractivity contribution in [1.82, 2.24) is 9.97 Å². The van der Waals surface area contributed by atoms with E-state index >= 15 is 0 Å². The number of nitrogens with zero attached hydrogens (tertiary/aromatic N) is 2. The molecule has 0 aliphatic heterocycles. The van der Waals surface area contributed by atoms with Crippen molar-refractivity contribution in [3.63, 3.8) is 0 Å². The molecular formula is C12H10BrClN2O. The lowest BCUT2D eigenvalue weighted by atomic mass is 10.3. The summed E-state index contributed by atoms with van der Waals surface area (Å²) in [5, 5.41) is 0.535. The first kappa shape index (κ1) is 12.3. The Labute approximate surface area is 113 Å². The monoisotopic (exact) mass is 312 g/mol. The Hall–Kier alpha value is -1.13. The maximum absolute atomic E-state index is 6.02. The van der Waals surface area contributed by atoms with Gasteiger partial charge in [0.2, 0.25) is 5.88 Å². The molecule has 2 rings (SSSR count). The highest BCUT2D eigenvalue weighted by Gasteiger charge is 2.06. The summed E-state index contributed by atoms with van der Waals surface area (Å²) in [6, 6.07) is 5.40. The highest BCUT2D eigenvalue weighted by atomic mass is 79.9. The van der Waals surface area contributed by atoms with Crippen LogP contribution in [0.3, 0.4) is 0 Å². The van der Waals surface area contributed by atoms with Gasteiger partial charge in [0, 0.05) is 4.47 Å². The normalized spacial score (nSPS) is 10.4. The zero-order valence-corrected chi connectivity index (χ0v) is 11.7. The molecule has 1 aromatic carbocycles. The maximum Gasteiger partial charge on any atom is 0.238 e. The third-order valence-electron chi connectivity index (χ3n) is 2.28. The fourth-order valence-electron chi connectivity index (χ4n) is 1.24. The van der Waals surface area contributed by atoms with E-state index in [0.29, 0.717) is 16.7 Å². The minimum Gasteiger partial charge on any atom is -0.436 e. The first-order valence-corrected chi connectivity index (χ1v) is 6.16. The van der Waals surface area contributed by atoms with Crippen molar-refractivity contribution in [3.05, 3.63) is 45.3 Å². The van der Waals surface area contributed by atoms with Crippen molar-refractivity contribution in [1.29, 1.82) is 0 Å². The highest BCUT2D eigenvalue weighted by Crippen LogP contribution is 2.31. The summed E-state index contributed by atoms with van der Waals surface area (Å²) in [6.07, 6.45) is 1.58. The Morgan fingerprint density at radius 1 is 1.24 bits per heavy atom. The molecule has 0 atom stereocenters. The quantitative estimate of drug-likeness (QED) is 0.829. The van der Waals surface area contributed by atoms with Crippen LogP contribution in [0, 0.1) is 13.8 Å². The molecule has 5 heteroatoms. The van der Waals surface area contributed by atoms with Crippen molar-refractivity contribution in [2.45, 2.75) is 13.8 Å². The molecule has 0 spiro atoms. The highest BCUT2D eigenvalue weighted by molar-refractivity contribution is 9.10. The minimum absolute atomic E-state index is 0.438. The van der Waals surface area contributed by atoms with E-state index < -0.39 is 0 Å². The molecule has 0 unspecified atom stereocenters. The Balaban J connectivity index is 2.31. The third-order valence-corrected chi connectivity index (χ3v) is 3.08. The number of aromatic nitrogens is 2. The van der Waals surface area contributed by atoms with E-state index in [-0.39, 0.29) is 0 Å². The summed E-state index contributed by atoms with van der Waals surface area (Å²) in [5.41, 5.74) is 1.73. The lowest BCUT2D eigenvalue weighted by molar-refractivity contribution is 0.458. The van der Waals surface area contributed by atoms with Gasteiger partial charge >= 0.3 is 0 Å². The molecule has 0 saturated heterocycles. The molecule has 0 aliphatic carbocycles. The first-order chi connectivity index (χ1) is 8.06. The summed E-state index contributed by atoms with van der Waals surface area (Å²) in [6.45, 7) is 3.79. The molecule has 0 N–H and O–H groups in total. The fraction of sp³-hybridized carbons (Fsp3) is 0.167. The van der Waals surface area contributed by atoms with Crippen molar-refractivity contribution >= 4 is 27.5 Å². The van der Waals surface area contributed by atoms with Crippen LogP contribution >= 0.6 is 27.5 Å². The number of rotatable bonds is 2. The van der Waals surface area contributed by atoms with Crippen molar-refractivity contribution in [3.8, 4) is 11.6 Å². The van der Waals surface area contributed by atoms with Gasteiger partial charge in [-0.1, -0.05) is 27.5 Å². The molecule has 0 amide bonds. The van der Waals surface area contributed by atoms with Gasteiger partial charge in [0.1, 0.15) is 5.75 Å². The van der Waals surface area contributed by atoms with Crippen molar-refractivity contribution in [2.24, 2.45) is 0 Å². The molecule has 0 bridgehead atoms. The summed E-state index contributed by atoms with van der Waals surface area (Å²) in [7, 11) is 0. The summed E-state index contributed by atoms with van der Waals surface area (Å²) >= 11 is 9.38. The summed E-state index contributed by atoms with van der Waals surface area (Å²) in [4.78, 5) is 8.46. The number of hydrogen-bond donors (Lipinski definition) is 0. The molecule has 88 valence electrons. The topological polar surface area (TPSA) is 35.0 Å². The third kappa shape index (κ3) is 2.96. The Morgan fingerprint density at radius 3 is 2.71 bits per heavy atom. The van der Waals surface area contributed by atoms with E-state index in [0.717, 1.165) is 15.9 Å². The Morgan fingerprint density at radius 2 is 2.00 bits per heavy atom. The zero-order chi connectivity index (χ0) is 12.4. The fourth-order valence-corrected chi connectivity index (χ4v) is 1.73. The van der Waals surface area contributed by atoms with E-state index in [2.05, 4.69) is 25.9 Å². The van der Waals surface area contributed by atoms with Gasteiger partial charge in [-0.15, -0.1) is 0 Å². The van der Waals surface area contributed by atoms with Crippen LogP contribution in [0.1, 0.15) is 11.4 Å². The van der Waals surface area contributed by atoms with E-state index in [1.807, 2.05) is 19.9 Å². The van der Waals surface area contributed by atoms with Crippen molar-refractivity contribution < 1.29 is 4.74 Å². The number of aryl methyl sites for hydroxylation is 2. The summed E-state index contributed by atoms with van der Waals surface area (Å²) < 4.78 is 6.49. The second kappa shape index (κ2) is 5.02. The van der Waals surface area contributed by atoms with E-state index in [1.165, 1.54) is 0 Å². The summed E-state index contributed by atoms with van der Waals surface area (Å²) in [5.74, 6) is 0.992. The molecular weight excluding hydrogens is 304 g/mol. The Kier molecular flexibility index (Phi) is 3.64. The van der Waals surface area contributed by atoms with Crippen molar-refractivity contribution in [2.75, 3.05) is 0 Å². The predicted octanol–water partition coefficient (Wildman–Crippen LogP) is 4.30. The average molecular weight is 314 g/mol. The SMILES string of the molecule is Cc1ncc(Oc2cc(Br)ccc2Cl)nc1C. The van der Waals surface area contributed by atoms with E-state index in [9.17, 15) is 0 Å². The molecule has 1 heterocycles. The number of benzene rings is 1. The average Bonchev–Trinajstić information content (AvgIpc) is 2.29. The largest absolute Gasteiger partial charge is 0.436 e. The molecule has 0 fully saturated rings. The second-order valence-corrected chi connectivity index (χ2v) is 4.88. The van der Waals surface area contributed by atoms with Gasteiger partial charge in [-0.3, -0.25) is 4.98 Å². The predicted molar refractivity (Wildman–Crippen MR) is 70.7 cm³/mol. The number of ether oxygens (including phenoxy) is 1. The Bertz CT molecular complexity index is 560. The molecule has 2 aromatic rings. The molecule has 17 heavy (non-hydrogen) atoms. The standard InChI is InChI=1S/C12H10BrClN2O/c1-7-8(2)16-12(6-15-7)17-11-5-9(13)3-4-10(11)14/h3-6H,1-2H3. The van der Waals surface area contributed by atoms with Gasteiger partial charge in [0.15, 0.2) is 0 Å². The van der Waals surface area contributed by atoms with E-state index in [4.69, 9.17) is 16.3 Å². The lowest BCUT2D eigenvalue weighted by Gasteiger charge is -2.08. The molecule has 3 nitrogen and oxygen atoms in total. The van der Waals surface area contributed by atoms with Gasteiger partial charge in [0.05, 0.1) is 22.6 Å². The molecule has 0 saturated carbocycles. The minimum atomic E-state index is 0.438. The number of hydrogen-bond acceptors (Lipinski definition) is 3. The van der Waals surface area contributed by atoms with Crippen LogP contribution in [0.15, 0.2) is 28.9 Å². The van der Waals surface area contributed by atoms with Gasteiger partial charge in [0.25, 0.3) is 0 Å². The molecule has 0 radical (unpaired) electrons. The smallest absolute Gasteiger partial charge is 0.238 e. The van der Waals surface area contributed by atoms with Gasteiger partial charge in [-0.2, -0.15) is 0 Å². The van der Waals surface area contributed by atoms with Gasteiger partial charge < -0.3 is 4.74 Å². The zero-order valence-electron chi connectivity index (χ0n) is 9.37. The van der Waals surface area contributed by atoms with Gasteiger partial charge in [-0.05, 0) is 32.0 Å². The van der Waals surface area contributed by atoms with Crippen LogP contribution in [0.4, 0.5) is 0 Å². The van der Waals surface area contributed by atoms with Crippen LogP contribution in [-0.2, 0) is 0 Å². The van der Waals surface area contributed by atoms with Crippen LogP contribution in [0.25, 0.3) is 0 Å². The second-order valence-electron chi connectivity index (χ2n) is 3.56. The van der Waals surface area contributed by atoms with Crippen LogP contribution in [-0.4, -0.2) is 9.97 Å². The molecule has 0 aliphatic rings. The molecule has 1 aromatic heterocycles. The number of halogens is 2. The van der Waals surface area contributed by atoms with Gasteiger partial charge in [-0.25, -0.2) is 4.98 Å². The maximum atomic E-state index is 6.02. The van der Waals surface area contributed by atoms with Crippen LogP contribution in [0.5, 0.6) is 11.6 Å². The van der Waals surface area contributed by atoms with Crippen LogP contribution < -0.4 is 4.74 Å². The van der Waals surface area contributed by atoms with Crippen LogP contribution in [0.2, 0.25) is 5.02 Å². The lowest BCUT2D eigenvalue weighted by Crippen LogP contribution is -1.95. The first-order valence-electron chi connectivity index (χ1n) is 4.99.